The predicted octanol–water partition coefficient (Wildman–Crippen LogP) is 2.68. The van der Waals surface area contributed by atoms with E-state index in [-0.39, 0.29) is 11.3 Å². The zero-order valence-electron chi connectivity index (χ0n) is 9.85. The molecule has 0 unspecified atom stereocenters. The van der Waals surface area contributed by atoms with Crippen molar-refractivity contribution in [2.45, 2.75) is 25.7 Å². The number of hydrogen-bond donors (Lipinski definition) is 1. The normalized spacial score (nSPS) is 20.2. The van der Waals surface area contributed by atoms with E-state index in [1.807, 2.05) is 17.0 Å². The van der Waals surface area contributed by atoms with E-state index in [9.17, 15) is 4.79 Å². The highest BCUT2D eigenvalue weighted by atomic mass is 32.1. The Balaban J connectivity index is 1.76. The van der Waals surface area contributed by atoms with Gasteiger partial charge in [-0.3, -0.25) is 4.79 Å². The number of carbonyl (C=O) groups is 1. The highest BCUT2D eigenvalue weighted by Gasteiger charge is 2.44. The molecule has 3 heteroatoms. The van der Waals surface area contributed by atoms with Crippen molar-refractivity contribution in [2.24, 2.45) is 5.41 Å². The van der Waals surface area contributed by atoms with Gasteiger partial charge in [-0.05, 0) is 42.1 Å². The second-order valence-electron chi connectivity index (χ2n) is 5.26. The first-order valence-corrected chi connectivity index (χ1v) is 6.86. The van der Waals surface area contributed by atoms with E-state index in [1.165, 1.54) is 5.56 Å². The Morgan fingerprint density at radius 2 is 2.12 bits per heavy atom. The SMILES string of the molecule is O=C(CC1(CS)CC1)N1CCc2ccccc21. The third-order valence-electron chi connectivity index (χ3n) is 4.01. The van der Waals surface area contributed by atoms with Gasteiger partial charge in [-0.15, -0.1) is 0 Å². The van der Waals surface area contributed by atoms with Crippen LogP contribution in [0.15, 0.2) is 24.3 Å². The molecule has 1 aromatic carbocycles. The van der Waals surface area contributed by atoms with Crippen molar-refractivity contribution >= 4 is 24.2 Å². The van der Waals surface area contributed by atoms with Gasteiger partial charge in [0.05, 0.1) is 0 Å². The molecule has 1 saturated carbocycles. The molecule has 0 N–H and O–H groups in total. The summed E-state index contributed by atoms with van der Waals surface area (Å²) < 4.78 is 0. The Morgan fingerprint density at radius 1 is 1.35 bits per heavy atom. The predicted molar refractivity (Wildman–Crippen MR) is 72.6 cm³/mol. The van der Waals surface area contributed by atoms with E-state index in [0.717, 1.165) is 37.2 Å². The molecular weight excluding hydrogens is 230 g/mol. The molecule has 1 aliphatic heterocycles. The maximum atomic E-state index is 12.3. The number of carbonyl (C=O) groups excluding carboxylic acids is 1. The van der Waals surface area contributed by atoms with Crippen LogP contribution < -0.4 is 4.90 Å². The van der Waals surface area contributed by atoms with Crippen LogP contribution in [-0.4, -0.2) is 18.2 Å². The van der Waals surface area contributed by atoms with Crippen molar-refractivity contribution in [3.8, 4) is 0 Å². The summed E-state index contributed by atoms with van der Waals surface area (Å²) in [4.78, 5) is 14.3. The van der Waals surface area contributed by atoms with Crippen molar-refractivity contribution < 1.29 is 4.79 Å². The molecule has 0 radical (unpaired) electrons. The quantitative estimate of drug-likeness (QED) is 0.814. The van der Waals surface area contributed by atoms with Gasteiger partial charge in [0.2, 0.25) is 5.91 Å². The third kappa shape index (κ3) is 1.97. The van der Waals surface area contributed by atoms with Gasteiger partial charge in [0.15, 0.2) is 0 Å². The van der Waals surface area contributed by atoms with Gasteiger partial charge in [0.25, 0.3) is 0 Å². The van der Waals surface area contributed by atoms with Crippen molar-refractivity contribution in [1.82, 2.24) is 0 Å². The second kappa shape index (κ2) is 4.05. The first-order valence-electron chi connectivity index (χ1n) is 6.23. The van der Waals surface area contributed by atoms with Gasteiger partial charge in [-0.1, -0.05) is 18.2 Å². The highest BCUT2D eigenvalue weighted by molar-refractivity contribution is 7.80. The summed E-state index contributed by atoms with van der Waals surface area (Å²) in [6.07, 6.45) is 4.00. The number of amides is 1. The van der Waals surface area contributed by atoms with Crippen LogP contribution in [0.3, 0.4) is 0 Å². The van der Waals surface area contributed by atoms with Gasteiger partial charge in [-0.2, -0.15) is 12.6 Å². The lowest BCUT2D eigenvalue weighted by Gasteiger charge is -2.20. The third-order valence-corrected chi connectivity index (χ3v) is 4.68. The zero-order valence-corrected chi connectivity index (χ0v) is 10.7. The maximum absolute atomic E-state index is 12.3. The average molecular weight is 247 g/mol. The van der Waals surface area contributed by atoms with E-state index in [1.54, 1.807) is 0 Å². The highest BCUT2D eigenvalue weighted by Crippen LogP contribution is 2.50. The van der Waals surface area contributed by atoms with E-state index >= 15 is 0 Å². The number of anilines is 1. The molecule has 1 aliphatic carbocycles. The van der Waals surface area contributed by atoms with Crippen molar-refractivity contribution in [1.29, 1.82) is 0 Å². The van der Waals surface area contributed by atoms with E-state index < -0.39 is 0 Å². The molecule has 0 spiro atoms. The molecule has 1 aromatic rings. The molecule has 0 saturated heterocycles. The first-order chi connectivity index (χ1) is 8.24. The van der Waals surface area contributed by atoms with Crippen LogP contribution in [0.1, 0.15) is 24.8 Å². The largest absolute Gasteiger partial charge is 0.312 e. The molecule has 3 rings (SSSR count). The fourth-order valence-electron chi connectivity index (χ4n) is 2.58. The van der Waals surface area contributed by atoms with E-state index in [0.29, 0.717) is 6.42 Å². The number of fused-ring (bicyclic) bond motifs is 1. The summed E-state index contributed by atoms with van der Waals surface area (Å²) in [7, 11) is 0. The molecule has 0 atom stereocenters. The monoisotopic (exact) mass is 247 g/mol. The number of nitrogens with zero attached hydrogens (tertiary/aromatic N) is 1. The van der Waals surface area contributed by atoms with Gasteiger partial charge < -0.3 is 4.90 Å². The lowest BCUT2D eigenvalue weighted by Crippen LogP contribution is -2.31. The Bertz CT molecular complexity index is 453. The molecule has 2 nitrogen and oxygen atoms in total. The fourth-order valence-corrected chi connectivity index (χ4v) is 3.01. The molecular formula is C14H17NOS. The summed E-state index contributed by atoms with van der Waals surface area (Å²) in [6.45, 7) is 0.848. The lowest BCUT2D eigenvalue weighted by atomic mass is 10.0. The Morgan fingerprint density at radius 3 is 2.82 bits per heavy atom. The van der Waals surface area contributed by atoms with Gasteiger partial charge in [-0.25, -0.2) is 0 Å². The molecule has 90 valence electrons. The molecule has 2 aliphatic rings. The summed E-state index contributed by atoms with van der Waals surface area (Å²) in [5, 5.41) is 0. The smallest absolute Gasteiger partial charge is 0.227 e. The summed E-state index contributed by atoms with van der Waals surface area (Å²) in [5.41, 5.74) is 2.64. The van der Waals surface area contributed by atoms with Crippen molar-refractivity contribution in [3.63, 3.8) is 0 Å². The fraction of sp³-hybridized carbons (Fsp3) is 0.500. The van der Waals surface area contributed by atoms with Gasteiger partial charge >= 0.3 is 0 Å². The summed E-state index contributed by atoms with van der Waals surface area (Å²) >= 11 is 4.37. The minimum Gasteiger partial charge on any atom is -0.312 e. The molecule has 1 fully saturated rings. The first kappa shape index (κ1) is 11.1. The molecule has 0 bridgehead atoms. The molecule has 0 aromatic heterocycles. The number of thiol groups is 1. The maximum Gasteiger partial charge on any atom is 0.227 e. The number of para-hydroxylation sites is 1. The number of benzene rings is 1. The minimum absolute atomic E-state index is 0.220. The van der Waals surface area contributed by atoms with Crippen LogP contribution in [0, 0.1) is 5.41 Å². The topological polar surface area (TPSA) is 20.3 Å². The molecule has 1 amide bonds. The van der Waals surface area contributed by atoms with Crippen LogP contribution >= 0.6 is 12.6 Å². The number of rotatable bonds is 3. The van der Waals surface area contributed by atoms with Gasteiger partial charge in [0, 0.05) is 18.7 Å². The zero-order chi connectivity index (χ0) is 11.9. The minimum atomic E-state index is 0.220. The Labute approximate surface area is 107 Å². The Hall–Kier alpha value is -0.960. The van der Waals surface area contributed by atoms with Crippen LogP contribution in [0.2, 0.25) is 0 Å². The Kier molecular flexibility index (Phi) is 2.66. The number of hydrogen-bond acceptors (Lipinski definition) is 2. The van der Waals surface area contributed by atoms with Crippen molar-refractivity contribution in [3.05, 3.63) is 29.8 Å². The summed E-state index contributed by atoms with van der Waals surface area (Å²) in [6, 6.07) is 8.23. The van der Waals surface area contributed by atoms with Crippen LogP contribution in [0.25, 0.3) is 0 Å². The molecule has 17 heavy (non-hydrogen) atoms. The van der Waals surface area contributed by atoms with Gasteiger partial charge in [0.1, 0.15) is 0 Å². The summed E-state index contributed by atoms with van der Waals surface area (Å²) in [5.74, 6) is 1.12. The second-order valence-corrected chi connectivity index (χ2v) is 5.58. The van der Waals surface area contributed by atoms with Crippen molar-refractivity contribution in [2.75, 3.05) is 17.2 Å². The average Bonchev–Trinajstić information content (AvgIpc) is 2.99. The van der Waals surface area contributed by atoms with Crippen LogP contribution in [-0.2, 0) is 11.2 Å². The van der Waals surface area contributed by atoms with Crippen LogP contribution in [0.5, 0.6) is 0 Å². The van der Waals surface area contributed by atoms with E-state index in [2.05, 4.69) is 24.8 Å². The van der Waals surface area contributed by atoms with Crippen LogP contribution in [0.4, 0.5) is 5.69 Å². The molecule has 1 heterocycles. The standard InChI is InChI=1S/C14H17NOS/c16-13(9-14(10-17)6-7-14)15-8-5-11-3-1-2-4-12(11)15/h1-4,17H,5-10H2. The van der Waals surface area contributed by atoms with E-state index in [4.69, 9.17) is 0 Å². The lowest BCUT2D eigenvalue weighted by molar-refractivity contribution is -0.119.